The standard InChI is InChI=1S/C43H64ClN10O12P/c44-36-38(46)52-37(45)31(51-36)40(62)53-42(48)50-16-5-4-7-23-10-12-24(13-11-23)14-15-26(39(47)61)49-17-6-18-54(20-28(56)33(60)35-30(58)22-64-43(67)66-35)19-27(55)32(59)34-29(57)21-63-41(65-34)25-8-2-1-3-9-25/h1-3,8-13,26-30,32-35,41,43,49,55-60H,4-7,14-22,67H2,(H2,47,61)(H4,45,46,52)(H3,48,50,53,62)/t26-,27-,28-,29+,30+,32+,33+,34+,35+,41?,43?/m0/s1. The van der Waals surface area contributed by atoms with E-state index in [2.05, 4.69) is 34.8 Å². The number of guanidine groups is 1. The maximum Gasteiger partial charge on any atom is 0.280 e. The van der Waals surface area contributed by atoms with E-state index in [0.717, 1.165) is 24.0 Å². The topological polar surface area (TPSA) is 362 Å². The van der Waals surface area contributed by atoms with Crippen molar-refractivity contribution >= 4 is 50.3 Å². The van der Waals surface area contributed by atoms with Crippen LogP contribution in [-0.2, 0) is 36.6 Å². The number of amides is 2. The van der Waals surface area contributed by atoms with Gasteiger partial charge in [-0.25, -0.2) is 9.97 Å². The molecule has 0 aliphatic carbocycles. The number of hydrogen-bond acceptors (Lipinski definition) is 19. The molecule has 2 aliphatic rings. The lowest BCUT2D eigenvalue weighted by molar-refractivity contribution is -0.283. The zero-order valence-electron chi connectivity index (χ0n) is 36.9. The predicted octanol–water partition coefficient (Wildman–Crippen LogP) is -1.72. The number of aliphatic hydroxyl groups excluding tert-OH is 6. The molecule has 22 nitrogen and oxygen atoms in total. The molecule has 67 heavy (non-hydrogen) atoms. The Hall–Kier alpha value is -4.23. The molecule has 2 saturated heterocycles. The van der Waals surface area contributed by atoms with Crippen LogP contribution in [0, 0.1) is 0 Å². The van der Waals surface area contributed by atoms with Gasteiger partial charge in [0.05, 0.1) is 31.5 Å². The second-order valence-corrected chi connectivity index (χ2v) is 17.3. The number of benzene rings is 2. The van der Waals surface area contributed by atoms with Crippen molar-refractivity contribution in [2.75, 3.05) is 57.4 Å². The summed E-state index contributed by atoms with van der Waals surface area (Å²) in [6, 6.07) is 15.5. The van der Waals surface area contributed by atoms with E-state index in [-0.39, 0.29) is 61.3 Å². The van der Waals surface area contributed by atoms with Crippen LogP contribution < -0.4 is 33.6 Å². The molecule has 12 atom stereocenters. The lowest BCUT2D eigenvalue weighted by Gasteiger charge is -2.39. The first kappa shape index (κ1) is 53.7. The highest BCUT2D eigenvalue weighted by atomic mass is 35.5. The molecule has 2 fully saturated rings. The number of halogens is 1. The number of nitrogen functional groups attached to an aromatic ring is 2. The van der Waals surface area contributed by atoms with Crippen molar-refractivity contribution in [2.45, 2.75) is 106 Å². The number of aliphatic imine (C=N–C) groups is 1. The first-order valence-corrected chi connectivity index (χ1v) is 23.0. The minimum absolute atomic E-state index is 0.0991. The summed E-state index contributed by atoms with van der Waals surface area (Å²) in [5, 5.41) is 71.3. The maximum atomic E-state index is 12.5. The molecule has 2 aliphatic heterocycles. The second-order valence-electron chi connectivity index (χ2n) is 16.4. The molecule has 16 N–H and O–H groups in total. The average molecular weight is 979 g/mol. The molecule has 3 unspecified atom stereocenters. The molecular weight excluding hydrogens is 915 g/mol. The number of nitrogens with zero attached hydrogens (tertiary/aromatic N) is 4. The van der Waals surface area contributed by atoms with Gasteiger partial charge in [-0.2, -0.15) is 0 Å². The fourth-order valence-electron chi connectivity index (χ4n) is 7.54. The third kappa shape index (κ3) is 16.5. The zero-order chi connectivity index (χ0) is 48.6. The summed E-state index contributed by atoms with van der Waals surface area (Å²) in [4.78, 5) is 38.3. The van der Waals surface area contributed by atoms with Crippen LogP contribution in [-0.4, -0.2) is 170 Å². The number of unbranched alkanes of at least 4 members (excludes halogenated alkanes) is 1. The third-order valence-electron chi connectivity index (χ3n) is 11.3. The lowest BCUT2D eigenvalue weighted by atomic mass is 10.00. The summed E-state index contributed by atoms with van der Waals surface area (Å²) in [5.74, 6) is -1.65. The highest BCUT2D eigenvalue weighted by molar-refractivity contribution is 7.16. The van der Waals surface area contributed by atoms with Crippen LogP contribution in [0.25, 0.3) is 0 Å². The Morgan fingerprint density at radius 2 is 1.45 bits per heavy atom. The highest BCUT2D eigenvalue weighted by Gasteiger charge is 2.41. The number of aliphatic hydroxyl groups is 6. The molecule has 370 valence electrons. The first-order chi connectivity index (χ1) is 32.0. The van der Waals surface area contributed by atoms with Gasteiger partial charge in [0.15, 0.2) is 40.8 Å². The summed E-state index contributed by atoms with van der Waals surface area (Å²) >= 11 is 5.84. The van der Waals surface area contributed by atoms with E-state index in [9.17, 15) is 40.2 Å². The van der Waals surface area contributed by atoms with Crippen molar-refractivity contribution in [1.29, 1.82) is 0 Å². The van der Waals surface area contributed by atoms with Crippen molar-refractivity contribution < 1.29 is 59.2 Å². The number of ether oxygens (including phenoxy) is 4. The van der Waals surface area contributed by atoms with Gasteiger partial charge in [-0.15, -0.1) is 0 Å². The molecule has 0 radical (unpaired) electrons. The molecule has 24 heteroatoms. The Morgan fingerprint density at radius 3 is 2.09 bits per heavy atom. The normalized spacial score (nSPS) is 23.6. The lowest BCUT2D eigenvalue weighted by Crippen LogP contribution is -2.56. The molecule has 0 bridgehead atoms. The van der Waals surface area contributed by atoms with Gasteiger partial charge in [0, 0.05) is 25.2 Å². The third-order valence-corrected chi connectivity index (χ3v) is 11.9. The Bertz CT molecular complexity index is 2050. The number of rotatable bonds is 24. The number of anilines is 2. The van der Waals surface area contributed by atoms with Crippen LogP contribution in [0.4, 0.5) is 11.6 Å². The molecule has 3 heterocycles. The van der Waals surface area contributed by atoms with Gasteiger partial charge >= 0.3 is 0 Å². The second kappa shape index (κ2) is 26.5. The molecule has 2 aromatic carbocycles. The Morgan fingerprint density at radius 1 is 0.836 bits per heavy atom. The summed E-state index contributed by atoms with van der Waals surface area (Å²) in [7, 11) is 2.28. The quantitative estimate of drug-likeness (QED) is 0.0206. The summed E-state index contributed by atoms with van der Waals surface area (Å²) in [6.45, 7) is 0.184. The van der Waals surface area contributed by atoms with Crippen molar-refractivity contribution in [3.8, 4) is 0 Å². The SMILES string of the molecule is NC(=O)[C@H](CCc1ccc(CCCCN=C(N)NC(=O)c2nc(Cl)c(N)nc2N)cc1)NCCCN(C[C@H](O)[C@@H](O)[C@@H]1OC(P)OC[C@H]1O)C[C@H](O)[C@@H](O)[C@@H]1OC(c2ccccc2)OC[C@H]1O. The van der Waals surface area contributed by atoms with Gasteiger partial charge in [-0.3, -0.25) is 24.8 Å². The van der Waals surface area contributed by atoms with Crippen LogP contribution in [0.3, 0.4) is 0 Å². The van der Waals surface area contributed by atoms with E-state index in [4.69, 9.17) is 53.5 Å². The Balaban J connectivity index is 1.08. The van der Waals surface area contributed by atoms with Gasteiger partial charge in [0.25, 0.3) is 5.91 Å². The minimum atomic E-state index is -1.58. The number of nitrogens with one attached hydrogen (secondary N) is 2. The fourth-order valence-corrected chi connectivity index (χ4v) is 7.96. The van der Waals surface area contributed by atoms with Crippen LogP contribution in [0.2, 0.25) is 5.15 Å². The van der Waals surface area contributed by atoms with Gasteiger partial charge in [-0.1, -0.05) is 75.4 Å². The number of carbonyl (C=O) groups is 2. The van der Waals surface area contributed by atoms with Crippen LogP contribution >= 0.6 is 20.8 Å². The number of hydrogen-bond donors (Lipinski definition) is 12. The minimum Gasteiger partial charge on any atom is -0.389 e. The van der Waals surface area contributed by atoms with E-state index < -0.39 is 79.0 Å². The largest absolute Gasteiger partial charge is 0.389 e. The van der Waals surface area contributed by atoms with E-state index >= 15 is 0 Å². The van der Waals surface area contributed by atoms with E-state index in [1.807, 2.05) is 30.3 Å². The smallest absolute Gasteiger partial charge is 0.280 e. The van der Waals surface area contributed by atoms with Crippen molar-refractivity contribution in [3.63, 3.8) is 0 Å². The number of aryl methyl sites for hydroxylation is 2. The average Bonchev–Trinajstić information content (AvgIpc) is 3.30. The molecular formula is C43H64ClN10O12P. The summed E-state index contributed by atoms with van der Waals surface area (Å²) in [5.41, 5.74) is 25.4. The monoisotopic (exact) mass is 978 g/mol. The Labute approximate surface area is 395 Å². The molecule has 5 rings (SSSR count). The molecule has 2 amide bonds. The van der Waals surface area contributed by atoms with Gasteiger partial charge in [0.2, 0.25) is 5.91 Å². The fraction of sp³-hybridized carbons (Fsp3) is 0.558. The number of primary amides is 1. The number of carbonyl (C=O) groups excluding carboxylic acids is 2. The van der Waals surface area contributed by atoms with E-state index in [0.29, 0.717) is 44.3 Å². The van der Waals surface area contributed by atoms with Crippen molar-refractivity contribution in [1.82, 2.24) is 25.5 Å². The summed E-state index contributed by atoms with van der Waals surface area (Å²) in [6.07, 6.45) is -8.18. The highest BCUT2D eigenvalue weighted by Crippen LogP contribution is 2.29. The molecule has 0 spiro atoms. The number of aromatic nitrogens is 2. The van der Waals surface area contributed by atoms with E-state index in [1.165, 1.54) is 0 Å². The van der Waals surface area contributed by atoms with Gasteiger partial charge < -0.3 is 77.8 Å². The zero-order valence-corrected chi connectivity index (χ0v) is 38.8. The molecule has 1 aromatic heterocycles. The summed E-state index contributed by atoms with van der Waals surface area (Å²) < 4.78 is 22.3. The van der Waals surface area contributed by atoms with Crippen LogP contribution in [0.5, 0.6) is 0 Å². The van der Waals surface area contributed by atoms with Gasteiger partial charge in [0.1, 0.15) is 36.6 Å². The predicted molar refractivity (Wildman–Crippen MR) is 250 cm³/mol. The maximum absolute atomic E-state index is 12.5. The molecule has 3 aromatic rings. The van der Waals surface area contributed by atoms with Crippen LogP contribution in [0.15, 0.2) is 59.6 Å². The van der Waals surface area contributed by atoms with Crippen molar-refractivity contribution in [3.05, 3.63) is 82.1 Å². The molecule has 0 saturated carbocycles. The Kier molecular flexibility index (Phi) is 21.3. The number of nitrogens with two attached hydrogens (primary N) is 4. The van der Waals surface area contributed by atoms with Gasteiger partial charge in [-0.05, 0) is 62.7 Å². The van der Waals surface area contributed by atoms with Crippen LogP contribution in [0.1, 0.15) is 59.2 Å². The van der Waals surface area contributed by atoms with E-state index in [1.54, 1.807) is 29.2 Å². The first-order valence-electron chi connectivity index (χ1n) is 22.0. The van der Waals surface area contributed by atoms with Crippen molar-refractivity contribution in [2.24, 2.45) is 16.5 Å².